The molecule has 1 heterocycles. The molecule has 0 aliphatic heterocycles. The van der Waals surface area contributed by atoms with E-state index in [1.54, 1.807) is 7.11 Å². The van der Waals surface area contributed by atoms with Gasteiger partial charge in [0.25, 0.3) is 0 Å². The van der Waals surface area contributed by atoms with Crippen molar-refractivity contribution >= 4 is 0 Å². The molecule has 1 aliphatic rings. The number of nitrogens with zero attached hydrogens (tertiary/aromatic N) is 1. The van der Waals surface area contributed by atoms with Crippen molar-refractivity contribution in [2.24, 2.45) is 17.1 Å². The molecule has 0 spiro atoms. The Balaban J connectivity index is 1.71. The van der Waals surface area contributed by atoms with Gasteiger partial charge in [0.15, 0.2) is 5.76 Å². The first-order chi connectivity index (χ1) is 10.0. The van der Waals surface area contributed by atoms with Gasteiger partial charge < -0.3 is 15.0 Å². The lowest BCUT2D eigenvalue weighted by Crippen LogP contribution is -2.55. The van der Waals surface area contributed by atoms with E-state index in [1.807, 2.05) is 30.3 Å². The van der Waals surface area contributed by atoms with Crippen LogP contribution in [0.25, 0.3) is 11.3 Å². The third-order valence-corrected chi connectivity index (χ3v) is 4.94. The third kappa shape index (κ3) is 2.56. The molecule has 2 atom stereocenters. The molecule has 1 aromatic heterocycles. The molecule has 4 heteroatoms. The second-order valence-electron chi connectivity index (χ2n) is 6.48. The minimum Gasteiger partial charge on any atom is -0.497 e. The highest BCUT2D eigenvalue weighted by atomic mass is 16.5. The predicted molar refractivity (Wildman–Crippen MR) is 82.1 cm³/mol. The van der Waals surface area contributed by atoms with E-state index in [-0.39, 0.29) is 5.41 Å². The fourth-order valence-corrected chi connectivity index (χ4v) is 2.95. The molecular weight excluding hydrogens is 264 g/mol. The second-order valence-corrected chi connectivity index (χ2v) is 6.48. The van der Waals surface area contributed by atoms with Crippen molar-refractivity contribution in [3.8, 4) is 17.1 Å². The van der Waals surface area contributed by atoms with Crippen molar-refractivity contribution in [2.75, 3.05) is 7.11 Å². The third-order valence-electron chi connectivity index (χ3n) is 4.94. The van der Waals surface area contributed by atoms with E-state index in [4.69, 9.17) is 15.0 Å². The molecule has 1 fully saturated rings. The fraction of sp³-hybridized carbons (Fsp3) is 0.471. The Morgan fingerprint density at radius 3 is 2.62 bits per heavy atom. The minimum absolute atomic E-state index is 0.194. The van der Waals surface area contributed by atoms with Crippen LogP contribution in [-0.4, -0.2) is 18.3 Å². The molecule has 1 saturated carbocycles. The first-order valence-corrected chi connectivity index (χ1v) is 7.36. The monoisotopic (exact) mass is 286 g/mol. The maximum Gasteiger partial charge on any atom is 0.167 e. The largest absolute Gasteiger partial charge is 0.497 e. The molecule has 0 radical (unpaired) electrons. The van der Waals surface area contributed by atoms with Crippen LogP contribution in [0.15, 0.2) is 34.9 Å². The minimum atomic E-state index is 0.194. The number of ether oxygens (including phenoxy) is 1. The maximum absolute atomic E-state index is 6.07. The number of rotatable bonds is 4. The van der Waals surface area contributed by atoms with E-state index in [2.05, 4.69) is 19.0 Å². The summed E-state index contributed by atoms with van der Waals surface area (Å²) in [6.07, 6.45) is 2.00. The summed E-state index contributed by atoms with van der Waals surface area (Å²) in [6.45, 7) is 4.46. The zero-order valence-corrected chi connectivity index (χ0v) is 12.8. The highest BCUT2D eigenvalue weighted by molar-refractivity contribution is 5.58. The Labute approximate surface area is 125 Å². The lowest BCUT2D eigenvalue weighted by atomic mass is 9.57. The van der Waals surface area contributed by atoms with Crippen LogP contribution in [0.4, 0.5) is 0 Å². The Hall–Kier alpha value is -1.81. The molecule has 0 bridgehead atoms. The van der Waals surface area contributed by atoms with Crippen molar-refractivity contribution in [3.05, 3.63) is 36.0 Å². The van der Waals surface area contributed by atoms with Gasteiger partial charge in [-0.3, -0.25) is 0 Å². The zero-order valence-electron chi connectivity index (χ0n) is 12.8. The quantitative estimate of drug-likeness (QED) is 0.937. The number of hydrogen-bond acceptors (Lipinski definition) is 4. The van der Waals surface area contributed by atoms with Crippen molar-refractivity contribution in [1.82, 2.24) is 5.16 Å². The summed E-state index contributed by atoms with van der Waals surface area (Å²) in [4.78, 5) is 0. The fourth-order valence-electron chi connectivity index (χ4n) is 2.95. The number of hydrogen-bond donors (Lipinski definition) is 1. The molecule has 0 saturated heterocycles. The zero-order chi connectivity index (χ0) is 15.0. The average Bonchev–Trinajstić information content (AvgIpc) is 2.96. The van der Waals surface area contributed by atoms with Crippen molar-refractivity contribution in [1.29, 1.82) is 0 Å². The van der Waals surface area contributed by atoms with Crippen LogP contribution < -0.4 is 10.5 Å². The summed E-state index contributed by atoms with van der Waals surface area (Å²) in [6, 6.07) is 10.1. The number of methoxy groups -OCH3 is 1. The van der Waals surface area contributed by atoms with Crippen LogP contribution in [0, 0.1) is 11.3 Å². The molecule has 21 heavy (non-hydrogen) atoms. The Kier molecular flexibility index (Phi) is 3.49. The van der Waals surface area contributed by atoms with E-state index in [0.717, 1.165) is 35.6 Å². The Bertz CT molecular complexity index is 616. The molecule has 2 aromatic rings. The Morgan fingerprint density at radius 1 is 1.33 bits per heavy atom. The summed E-state index contributed by atoms with van der Waals surface area (Å²) in [7, 11) is 1.66. The normalized spacial score (nSPS) is 23.6. The smallest absolute Gasteiger partial charge is 0.167 e. The van der Waals surface area contributed by atoms with Gasteiger partial charge in [0, 0.05) is 17.7 Å². The van der Waals surface area contributed by atoms with Gasteiger partial charge in [0.1, 0.15) is 5.75 Å². The summed E-state index contributed by atoms with van der Waals surface area (Å²) in [5.74, 6) is 2.22. The average molecular weight is 286 g/mol. The number of aromatic nitrogens is 1. The van der Waals surface area contributed by atoms with Crippen LogP contribution in [0.5, 0.6) is 5.75 Å². The molecular formula is C17H22N2O2. The number of nitrogens with two attached hydrogens (primary N) is 1. The SMILES string of the molecule is COc1ccc(-c2cc(C[C@@H]3C[C@H](N)C3(C)C)no2)cc1. The van der Waals surface area contributed by atoms with Gasteiger partial charge in [-0.2, -0.15) is 0 Å². The molecule has 1 aliphatic carbocycles. The lowest BCUT2D eigenvalue weighted by molar-refractivity contribution is 0.0370. The summed E-state index contributed by atoms with van der Waals surface area (Å²) in [5.41, 5.74) is 8.28. The molecule has 3 rings (SSSR count). The van der Waals surface area contributed by atoms with Crippen LogP contribution in [0.3, 0.4) is 0 Å². The van der Waals surface area contributed by atoms with Gasteiger partial charge in [-0.15, -0.1) is 0 Å². The van der Waals surface area contributed by atoms with Crippen LogP contribution in [-0.2, 0) is 6.42 Å². The highest BCUT2D eigenvalue weighted by Crippen LogP contribution is 2.46. The summed E-state index contributed by atoms with van der Waals surface area (Å²) >= 11 is 0. The van der Waals surface area contributed by atoms with Gasteiger partial charge in [-0.25, -0.2) is 0 Å². The van der Waals surface area contributed by atoms with Crippen molar-refractivity contribution in [3.63, 3.8) is 0 Å². The molecule has 112 valence electrons. The first kappa shape index (κ1) is 14.1. The van der Waals surface area contributed by atoms with Gasteiger partial charge in [-0.1, -0.05) is 19.0 Å². The number of benzene rings is 1. The van der Waals surface area contributed by atoms with Gasteiger partial charge in [-0.05, 0) is 48.4 Å². The first-order valence-electron chi connectivity index (χ1n) is 7.36. The van der Waals surface area contributed by atoms with Crippen LogP contribution in [0.2, 0.25) is 0 Å². The molecule has 0 amide bonds. The Morgan fingerprint density at radius 2 is 2.05 bits per heavy atom. The topological polar surface area (TPSA) is 61.3 Å². The van der Waals surface area contributed by atoms with E-state index < -0.39 is 0 Å². The summed E-state index contributed by atoms with van der Waals surface area (Å²) in [5, 5.41) is 4.20. The second kappa shape index (κ2) is 5.19. The molecule has 1 aromatic carbocycles. The van der Waals surface area contributed by atoms with Crippen LogP contribution >= 0.6 is 0 Å². The standard InChI is InChI=1S/C17H22N2O2/c1-17(2)12(9-16(17)18)8-13-10-15(21-19-13)11-4-6-14(20-3)7-5-11/h4-7,10,12,16H,8-9,18H2,1-3H3/t12-,16+/m1/s1. The molecule has 0 unspecified atom stereocenters. The molecule has 4 nitrogen and oxygen atoms in total. The lowest BCUT2D eigenvalue weighted by Gasteiger charge is -2.50. The van der Waals surface area contributed by atoms with E-state index in [9.17, 15) is 0 Å². The van der Waals surface area contributed by atoms with Gasteiger partial charge in [0.2, 0.25) is 0 Å². The van der Waals surface area contributed by atoms with E-state index >= 15 is 0 Å². The molecule has 2 N–H and O–H groups in total. The van der Waals surface area contributed by atoms with Gasteiger partial charge in [0.05, 0.1) is 12.8 Å². The van der Waals surface area contributed by atoms with E-state index in [0.29, 0.717) is 12.0 Å². The van der Waals surface area contributed by atoms with Crippen molar-refractivity contribution < 1.29 is 9.26 Å². The van der Waals surface area contributed by atoms with Crippen LogP contribution in [0.1, 0.15) is 26.0 Å². The predicted octanol–water partition coefficient (Wildman–Crippen LogP) is 3.27. The van der Waals surface area contributed by atoms with E-state index in [1.165, 1.54) is 0 Å². The summed E-state index contributed by atoms with van der Waals surface area (Å²) < 4.78 is 10.6. The van der Waals surface area contributed by atoms with Crippen molar-refractivity contribution in [2.45, 2.75) is 32.7 Å². The maximum atomic E-state index is 6.07. The van der Waals surface area contributed by atoms with Gasteiger partial charge >= 0.3 is 0 Å². The highest BCUT2D eigenvalue weighted by Gasteiger charge is 2.45.